The number of cyclic esters (lactones) is 1. The fraction of sp³-hybridized carbons (Fsp3) is 0.385. The van der Waals surface area contributed by atoms with Crippen LogP contribution in [0.3, 0.4) is 0 Å². The third-order valence-electron chi connectivity index (χ3n) is 3.27. The summed E-state index contributed by atoms with van der Waals surface area (Å²) in [6.07, 6.45) is 6.42. The van der Waals surface area contributed by atoms with E-state index < -0.39 is 0 Å². The normalized spacial score (nSPS) is 20.3. The van der Waals surface area contributed by atoms with Crippen molar-refractivity contribution in [3.05, 3.63) is 40.8 Å². The fourth-order valence-corrected chi connectivity index (χ4v) is 2.30. The van der Waals surface area contributed by atoms with E-state index in [9.17, 15) is 4.79 Å². The standard InChI is InChI=1S/C13H13ClN2O2/c14-11-2-1-9(7-15-11)6-13(3-4-13)16-10-5-12(17)18-8-10/h1-2,5,7,16H,3-4,6,8H2. The van der Waals surface area contributed by atoms with Crippen molar-refractivity contribution >= 4 is 17.6 Å². The summed E-state index contributed by atoms with van der Waals surface area (Å²) < 4.78 is 4.88. The van der Waals surface area contributed by atoms with Crippen molar-refractivity contribution in [1.29, 1.82) is 0 Å². The molecule has 0 unspecified atom stereocenters. The molecule has 1 saturated carbocycles. The highest BCUT2D eigenvalue weighted by atomic mass is 35.5. The van der Waals surface area contributed by atoms with Gasteiger partial charge in [-0.15, -0.1) is 0 Å². The van der Waals surface area contributed by atoms with Crippen LogP contribution in [0.25, 0.3) is 0 Å². The molecule has 5 heteroatoms. The SMILES string of the molecule is O=C1C=C(NC2(Cc3ccc(Cl)nc3)CC2)CO1. The molecule has 94 valence electrons. The Labute approximate surface area is 110 Å². The minimum absolute atomic E-state index is 0.0648. The van der Waals surface area contributed by atoms with Gasteiger partial charge in [-0.2, -0.15) is 0 Å². The van der Waals surface area contributed by atoms with Gasteiger partial charge < -0.3 is 10.1 Å². The lowest BCUT2D eigenvalue weighted by Gasteiger charge is -2.18. The number of aromatic nitrogens is 1. The largest absolute Gasteiger partial charge is 0.456 e. The number of hydrogen-bond donors (Lipinski definition) is 1. The quantitative estimate of drug-likeness (QED) is 0.666. The first-order valence-corrected chi connectivity index (χ1v) is 6.29. The first-order chi connectivity index (χ1) is 8.65. The van der Waals surface area contributed by atoms with Gasteiger partial charge in [0.2, 0.25) is 0 Å². The van der Waals surface area contributed by atoms with Gasteiger partial charge in [0, 0.05) is 17.8 Å². The number of rotatable bonds is 4. The predicted molar refractivity (Wildman–Crippen MR) is 67.1 cm³/mol. The Morgan fingerprint density at radius 1 is 1.44 bits per heavy atom. The summed E-state index contributed by atoms with van der Waals surface area (Å²) in [6, 6.07) is 3.79. The van der Waals surface area contributed by atoms with Crippen LogP contribution in [0.5, 0.6) is 0 Å². The van der Waals surface area contributed by atoms with E-state index in [0.717, 1.165) is 30.5 Å². The third kappa shape index (κ3) is 2.48. The number of hydrogen-bond acceptors (Lipinski definition) is 4. The van der Waals surface area contributed by atoms with Gasteiger partial charge in [-0.25, -0.2) is 9.78 Å². The maximum Gasteiger partial charge on any atom is 0.333 e. The van der Waals surface area contributed by atoms with Gasteiger partial charge in [0.1, 0.15) is 11.8 Å². The van der Waals surface area contributed by atoms with Gasteiger partial charge in [-0.05, 0) is 30.9 Å². The molecule has 0 saturated heterocycles. The topological polar surface area (TPSA) is 51.2 Å². The molecule has 0 aromatic carbocycles. The van der Waals surface area contributed by atoms with Gasteiger partial charge in [-0.1, -0.05) is 17.7 Å². The number of carbonyl (C=O) groups excluding carboxylic acids is 1. The smallest absolute Gasteiger partial charge is 0.333 e. The lowest BCUT2D eigenvalue weighted by Crippen LogP contribution is -2.33. The van der Waals surface area contributed by atoms with Gasteiger partial charge in [-0.3, -0.25) is 0 Å². The van der Waals surface area contributed by atoms with E-state index in [1.165, 1.54) is 6.08 Å². The van der Waals surface area contributed by atoms with Crippen molar-refractivity contribution in [2.45, 2.75) is 24.8 Å². The van der Waals surface area contributed by atoms with Crippen molar-refractivity contribution in [2.75, 3.05) is 6.61 Å². The number of halogens is 1. The number of nitrogens with one attached hydrogen (secondary N) is 1. The second-order valence-electron chi connectivity index (χ2n) is 4.85. The molecule has 0 spiro atoms. The minimum Gasteiger partial charge on any atom is -0.456 e. The Balaban J connectivity index is 1.66. The van der Waals surface area contributed by atoms with Crippen molar-refractivity contribution < 1.29 is 9.53 Å². The lowest BCUT2D eigenvalue weighted by molar-refractivity contribution is -0.134. The highest BCUT2D eigenvalue weighted by Crippen LogP contribution is 2.39. The maximum absolute atomic E-state index is 11.0. The highest BCUT2D eigenvalue weighted by molar-refractivity contribution is 6.29. The summed E-state index contributed by atoms with van der Waals surface area (Å²) in [5.41, 5.74) is 2.09. The average molecular weight is 265 g/mol. The summed E-state index contributed by atoms with van der Waals surface area (Å²) in [6.45, 7) is 0.361. The van der Waals surface area contributed by atoms with Crippen LogP contribution in [0.4, 0.5) is 0 Å². The Kier molecular flexibility index (Phi) is 2.74. The van der Waals surface area contributed by atoms with E-state index in [2.05, 4.69) is 10.3 Å². The fourth-order valence-electron chi connectivity index (χ4n) is 2.19. The molecule has 3 rings (SSSR count). The maximum atomic E-state index is 11.0. The molecule has 0 atom stereocenters. The molecule has 1 aliphatic heterocycles. The Morgan fingerprint density at radius 2 is 2.28 bits per heavy atom. The van der Waals surface area contributed by atoms with E-state index in [1.54, 1.807) is 12.3 Å². The molecule has 1 aromatic rings. The molecule has 1 N–H and O–H groups in total. The molecule has 0 amide bonds. The second kappa shape index (κ2) is 4.28. The third-order valence-corrected chi connectivity index (χ3v) is 3.50. The molecule has 18 heavy (non-hydrogen) atoms. The summed E-state index contributed by atoms with van der Waals surface area (Å²) >= 11 is 5.76. The van der Waals surface area contributed by atoms with Crippen LogP contribution in [0.1, 0.15) is 18.4 Å². The summed E-state index contributed by atoms with van der Waals surface area (Å²) in [7, 11) is 0. The van der Waals surface area contributed by atoms with Crippen LogP contribution in [-0.4, -0.2) is 23.1 Å². The van der Waals surface area contributed by atoms with Crippen LogP contribution in [0.2, 0.25) is 5.15 Å². The minimum atomic E-state index is -0.263. The molecule has 1 aromatic heterocycles. The zero-order valence-corrected chi connectivity index (χ0v) is 10.5. The Bertz CT molecular complexity index is 506. The molecule has 2 heterocycles. The van der Waals surface area contributed by atoms with Crippen LogP contribution in [0, 0.1) is 0 Å². The Hall–Kier alpha value is -1.55. The number of esters is 1. The summed E-state index contributed by atoms with van der Waals surface area (Å²) in [5.74, 6) is -0.263. The van der Waals surface area contributed by atoms with Crippen LogP contribution in [-0.2, 0) is 16.0 Å². The Morgan fingerprint density at radius 3 is 2.83 bits per heavy atom. The molecule has 2 aliphatic rings. The number of ether oxygens (including phenoxy) is 1. The van der Waals surface area contributed by atoms with E-state index in [0.29, 0.717) is 11.8 Å². The first-order valence-electron chi connectivity index (χ1n) is 5.91. The molecule has 1 fully saturated rings. The van der Waals surface area contributed by atoms with E-state index in [-0.39, 0.29) is 11.5 Å². The van der Waals surface area contributed by atoms with Crippen LogP contribution < -0.4 is 5.32 Å². The van der Waals surface area contributed by atoms with Crippen molar-refractivity contribution in [1.82, 2.24) is 10.3 Å². The van der Waals surface area contributed by atoms with Crippen molar-refractivity contribution in [3.8, 4) is 0 Å². The zero-order chi connectivity index (χ0) is 12.6. The monoisotopic (exact) mass is 264 g/mol. The van der Waals surface area contributed by atoms with Gasteiger partial charge in [0.05, 0.1) is 5.70 Å². The van der Waals surface area contributed by atoms with Crippen molar-refractivity contribution in [2.24, 2.45) is 0 Å². The van der Waals surface area contributed by atoms with Crippen LogP contribution >= 0.6 is 11.6 Å². The van der Waals surface area contributed by atoms with Gasteiger partial charge in [0.15, 0.2) is 0 Å². The zero-order valence-electron chi connectivity index (χ0n) is 9.78. The van der Waals surface area contributed by atoms with E-state index in [1.807, 2.05) is 6.07 Å². The summed E-state index contributed by atoms with van der Waals surface area (Å²) in [4.78, 5) is 15.1. The first kappa shape index (κ1) is 11.5. The molecule has 0 bridgehead atoms. The number of carbonyl (C=O) groups is 1. The lowest BCUT2D eigenvalue weighted by atomic mass is 10.1. The number of nitrogens with zero attached hydrogens (tertiary/aromatic N) is 1. The van der Waals surface area contributed by atoms with Gasteiger partial charge >= 0.3 is 5.97 Å². The molecular weight excluding hydrogens is 252 g/mol. The molecule has 1 aliphatic carbocycles. The average Bonchev–Trinajstić information content (AvgIpc) is 2.97. The molecular formula is C13H13ClN2O2. The summed E-state index contributed by atoms with van der Waals surface area (Å²) in [5, 5.41) is 3.92. The number of pyridine rings is 1. The second-order valence-corrected chi connectivity index (χ2v) is 5.24. The predicted octanol–water partition coefficient (Wildman–Crippen LogP) is 1.84. The highest BCUT2D eigenvalue weighted by Gasteiger charge is 2.43. The van der Waals surface area contributed by atoms with Crippen LogP contribution in [0.15, 0.2) is 30.1 Å². The van der Waals surface area contributed by atoms with E-state index in [4.69, 9.17) is 16.3 Å². The van der Waals surface area contributed by atoms with Gasteiger partial charge in [0.25, 0.3) is 0 Å². The molecule has 4 nitrogen and oxygen atoms in total. The van der Waals surface area contributed by atoms with Crippen molar-refractivity contribution in [3.63, 3.8) is 0 Å². The van der Waals surface area contributed by atoms with E-state index >= 15 is 0 Å². The molecule has 0 radical (unpaired) electrons.